The van der Waals surface area contributed by atoms with E-state index in [-0.39, 0.29) is 112 Å². The number of ether oxygens (including phenoxy) is 5. The Kier molecular flexibility index (Phi) is 41.8. The molecule has 0 saturated carbocycles. The summed E-state index contributed by atoms with van der Waals surface area (Å²) in [6, 6.07) is 3.30. The van der Waals surface area contributed by atoms with E-state index in [1.165, 1.54) is 13.8 Å². The maximum atomic E-state index is 11.5. The highest BCUT2D eigenvalue weighted by atomic mass is 16.6. The summed E-state index contributed by atoms with van der Waals surface area (Å²) in [5, 5.41) is 69.0. The molecule has 0 aliphatic carbocycles. The molecule has 2 aliphatic rings. The predicted octanol–water partition coefficient (Wildman–Crippen LogP) is -5.37. The van der Waals surface area contributed by atoms with Crippen LogP contribution in [-0.4, -0.2) is 167 Å². The summed E-state index contributed by atoms with van der Waals surface area (Å²) in [5.41, 5.74) is -2.44. The highest BCUT2D eigenvalue weighted by molar-refractivity contribution is 6.06. The Morgan fingerprint density at radius 1 is 0.339 bits per heavy atom. The van der Waals surface area contributed by atoms with E-state index in [2.05, 4.69) is 56.8 Å². The van der Waals surface area contributed by atoms with Gasteiger partial charge in [-0.1, -0.05) is 0 Å². The van der Waals surface area contributed by atoms with Gasteiger partial charge in [-0.25, -0.2) is 76.7 Å². The summed E-state index contributed by atoms with van der Waals surface area (Å²) in [5.74, 6) is -14.3. The molecule has 0 radical (unpaired) electrons. The fourth-order valence-electron chi connectivity index (χ4n) is 6.53. The van der Waals surface area contributed by atoms with Crippen LogP contribution in [0.1, 0.15) is 64.5 Å². The first kappa shape index (κ1) is 94.1. The quantitative estimate of drug-likeness (QED) is 0.0123. The van der Waals surface area contributed by atoms with E-state index in [1.54, 1.807) is 6.92 Å². The van der Waals surface area contributed by atoms with Crippen molar-refractivity contribution in [2.24, 2.45) is 0 Å². The van der Waals surface area contributed by atoms with Crippen LogP contribution >= 0.6 is 0 Å². The molecule has 0 unspecified atom stereocenters. The van der Waals surface area contributed by atoms with Gasteiger partial charge < -0.3 is 106 Å². The molecular weight excluding hydrogens is 1530 g/mol. The number of carboxylic acids is 5. The van der Waals surface area contributed by atoms with Crippen LogP contribution in [-0.2, 0) is 130 Å². The molecule has 8 heterocycles. The van der Waals surface area contributed by atoms with Gasteiger partial charge in [0, 0.05) is 91.1 Å². The molecule has 0 atom stereocenters. The van der Waals surface area contributed by atoms with E-state index in [9.17, 15) is 110 Å². The van der Waals surface area contributed by atoms with Crippen molar-refractivity contribution in [1.29, 1.82) is 0 Å². The second kappa shape index (κ2) is 49.8. The zero-order chi connectivity index (χ0) is 84.7. The molecule has 0 saturated heterocycles. The van der Waals surface area contributed by atoms with Gasteiger partial charge in [-0.2, -0.15) is 0 Å². The summed E-state index contributed by atoms with van der Waals surface area (Å²) in [6.45, 7) is 2.00. The number of nitrogens with one attached hydrogen (secondary N) is 8. The van der Waals surface area contributed by atoms with Gasteiger partial charge in [-0.05, 0) is 31.9 Å². The third-order valence-electron chi connectivity index (χ3n) is 11.1. The predicted molar refractivity (Wildman–Crippen MR) is 354 cm³/mol. The normalized spacial score (nSPS) is 11.8. The molecule has 50 heteroatoms. The number of aliphatic hydroxyl groups is 3. The minimum absolute atomic E-state index is 0.0555. The molecule has 0 aromatic carbocycles. The summed E-state index contributed by atoms with van der Waals surface area (Å²) < 4.78 is 50.8. The van der Waals surface area contributed by atoms with E-state index in [1.807, 2.05) is 15.0 Å². The number of aliphatic hydroxyl groups excluding tert-OH is 3. The number of amides is 4. The first-order valence-corrected chi connectivity index (χ1v) is 29.6. The van der Waals surface area contributed by atoms with Crippen LogP contribution in [0.2, 0.25) is 0 Å². The standard InChI is InChI=1S/C15H13N3O8.C15H13NO9.C9H8O7.2C5H6N2O3.C5H6O4.2C4H4O4/c19-10-3-8(4-11(20)17-10)6-25-13(22)1-2-14(23)26-7-9-5-12(21)18-15(24)16-9;1-8-10(25-15(21)24-8)7-23-14(20)3-2-13(19)22-6-9-4-11(17)16-12(18)5-9;1-5-6(16-9(13)15-5)4-14-8(12)3-2-7(10)11;2*8-2-3-1-4(9)7-5(10)6-3;1-3-4(2-6)9-5(7)8-3;2*5-3(6)1-2-4(7)8/h1-3,5H,4,6-7H2,(H,17,19,20)(H2,16,18,21,24);2-4H,5-7H2,1H3,(H,16,17,18);2-3H,4H2,1H3,(H,10,11);2*1,8H,2H2,(H2,6,7,9,10);6H,2H2,1H3;2*1-2H,(H,5,6)(H,7,8)/b2-1+;2*3-2+;;;;2*2-1+. The van der Waals surface area contributed by atoms with Gasteiger partial charge in [-0.3, -0.25) is 59.1 Å². The van der Waals surface area contributed by atoms with Crippen molar-refractivity contribution in [1.82, 2.24) is 40.5 Å². The Balaban J connectivity index is 0.000000671. The molecule has 50 nitrogen and oxygen atoms in total. The largest absolute Gasteiger partial charge is 0.519 e. The van der Waals surface area contributed by atoms with Crippen molar-refractivity contribution in [2.75, 3.05) is 13.2 Å². The number of carbonyl (C=O) groups excluding carboxylic acids is 9. The van der Waals surface area contributed by atoms with E-state index in [0.717, 1.165) is 60.7 Å². The average molecular weight is 1590 g/mol. The van der Waals surface area contributed by atoms with Crippen molar-refractivity contribution in [3.05, 3.63) is 248 Å². The lowest BCUT2D eigenvalue weighted by molar-refractivity contribution is -0.141. The minimum atomic E-state index is -1.26. The second-order valence-corrected chi connectivity index (χ2v) is 19.8. The number of aromatic amines is 6. The SMILES string of the molecule is Cc1oc(=O)oc1CO.Cc1oc(=O)oc1COC(=O)/C=C/C(=O)O.Cc1oc(=O)oc1COC(=O)/C=C/C(=O)OCC1=CC(=O)NC(=O)C1.O=C(O)/C=C/C(=O)O.O=C(O)/C=C/C(=O)O.O=C1C=C(COC(=O)/C=C/C(=O)OCc2cc(=O)[nH]c(=O)[nH]2)CC(=O)N1.O=c1cc(CO)[nH]c(=O)[nH]1.O=c1cc(CO)[nH]c(=O)[nH]1. The Bertz CT molecular complexity index is 4960. The van der Waals surface area contributed by atoms with Crippen LogP contribution in [0, 0.1) is 20.8 Å². The third-order valence-corrected chi connectivity index (χ3v) is 11.1. The van der Waals surface area contributed by atoms with Gasteiger partial charge in [-0.15, -0.1) is 0 Å². The number of imide groups is 2. The first-order chi connectivity index (χ1) is 52.6. The van der Waals surface area contributed by atoms with Gasteiger partial charge in [0.15, 0.2) is 42.0 Å². The van der Waals surface area contributed by atoms with Crippen LogP contribution < -0.4 is 61.8 Å². The number of aryl methyl sites for hydroxylation is 3. The number of aliphatic carboxylic acids is 5. The third kappa shape index (κ3) is 44.0. The number of carbonyl (C=O) groups is 14. The van der Waals surface area contributed by atoms with Crippen LogP contribution in [0.4, 0.5) is 0 Å². The molecule has 0 fully saturated rings. The molecule has 6 aromatic rings. The van der Waals surface area contributed by atoms with Gasteiger partial charge in [0.2, 0.25) is 11.8 Å². The van der Waals surface area contributed by atoms with Crippen LogP contribution in [0.15, 0.2) is 172 Å². The topological polar surface area (TPSA) is 798 Å². The van der Waals surface area contributed by atoms with Crippen molar-refractivity contribution in [3.63, 3.8) is 0 Å². The van der Waals surface area contributed by atoms with Gasteiger partial charge >= 0.3 is 94.2 Å². The lowest BCUT2D eigenvalue weighted by Crippen LogP contribution is -2.33. The Labute approximate surface area is 615 Å². The highest BCUT2D eigenvalue weighted by Crippen LogP contribution is 2.11. The molecule has 0 spiro atoms. The Morgan fingerprint density at radius 3 is 0.848 bits per heavy atom. The Hall–Kier alpha value is -15.9. The van der Waals surface area contributed by atoms with Gasteiger partial charge in [0.1, 0.15) is 32.2 Å². The lowest BCUT2D eigenvalue weighted by Gasteiger charge is -2.11. The van der Waals surface area contributed by atoms with Crippen molar-refractivity contribution in [3.8, 4) is 0 Å². The van der Waals surface area contributed by atoms with E-state index >= 15 is 0 Å². The zero-order valence-electron chi connectivity index (χ0n) is 57.2. The number of aromatic nitrogens is 6. The molecule has 600 valence electrons. The molecule has 8 rings (SSSR count). The number of H-pyrrole nitrogens is 6. The smallest absolute Gasteiger partial charge is 0.478 e. The number of esters is 5. The molecule has 2 aliphatic heterocycles. The fraction of sp³-hybridized carbons (Fsp3) is 0.210. The minimum Gasteiger partial charge on any atom is -0.478 e. The van der Waals surface area contributed by atoms with E-state index in [0.29, 0.717) is 47.3 Å². The monoisotopic (exact) mass is 1590 g/mol. The summed E-state index contributed by atoms with van der Waals surface area (Å²) in [6.07, 6.45) is 9.04. The average Bonchev–Trinajstić information content (AvgIpc) is 1.79. The molecule has 4 amide bonds. The number of hydrogen-bond donors (Lipinski definition) is 16. The maximum Gasteiger partial charge on any atom is 0.519 e. The maximum absolute atomic E-state index is 11.5. The molecule has 112 heavy (non-hydrogen) atoms. The van der Waals surface area contributed by atoms with Crippen molar-refractivity contribution in [2.45, 2.75) is 73.3 Å². The van der Waals surface area contributed by atoms with Gasteiger partial charge in [0.05, 0.1) is 43.1 Å². The van der Waals surface area contributed by atoms with Gasteiger partial charge in [0.25, 0.3) is 28.5 Å². The lowest BCUT2D eigenvalue weighted by atomic mass is 10.1. The van der Waals surface area contributed by atoms with Crippen LogP contribution in [0.5, 0.6) is 0 Å². The zero-order valence-corrected chi connectivity index (χ0v) is 57.2. The van der Waals surface area contributed by atoms with Crippen LogP contribution in [0.25, 0.3) is 0 Å². The second-order valence-electron chi connectivity index (χ2n) is 19.8. The number of carboxylic acid groups (broad SMARTS) is 5. The van der Waals surface area contributed by atoms with Crippen molar-refractivity contribution >= 4 is 83.3 Å². The molecule has 6 aromatic heterocycles. The molecule has 0 bridgehead atoms. The Morgan fingerprint density at radius 2 is 0.598 bits per heavy atom. The number of rotatable bonds is 23. The summed E-state index contributed by atoms with van der Waals surface area (Å²) >= 11 is 0. The van der Waals surface area contributed by atoms with Crippen LogP contribution in [0.3, 0.4) is 0 Å². The highest BCUT2D eigenvalue weighted by Gasteiger charge is 2.19. The van der Waals surface area contributed by atoms with Crippen molar-refractivity contribution < 1.29 is 158 Å². The first-order valence-electron chi connectivity index (χ1n) is 29.6. The summed E-state index contributed by atoms with van der Waals surface area (Å²) in [7, 11) is 0. The van der Waals surface area contributed by atoms with E-state index in [4.69, 9.17) is 59.8 Å². The van der Waals surface area contributed by atoms with E-state index < -0.39 is 135 Å². The summed E-state index contributed by atoms with van der Waals surface area (Å²) in [4.78, 5) is 258. The fourth-order valence-corrected chi connectivity index (χ4v) is 6.53. The molecular formula is C62H60N8O42. The number of hydrogen-bond acceptors (Lipinski definition) is 37. The molecule has 16 N–H and O–H groups in total.